The molecule has 6 heteroatoms. The summed E-state index contributed by atoms with van der Waals surface area (Å²) in [6, 6.07) is 15.8. The van der Waals surface area contributed by atoms with Gasteiger partial charge in [0.25, 0.3) is 0 Å². The number of carbonyl (C=O) groups is 1. The molecule has 0 radical (unpaired) electrons. The van der Waals surface area contributed by atoms with Gasteiger partial charge in [0.15, 0.2) is 0 Å². The molecule has 1 aliphatic heterocycles. The summed E-state index contributed by atoms with van der Waals surface area (Å²) >= 11 is 5.99. The van der Waals surface area contributed by atoms with Crippen LogP contribution in [0.1, 0.15) is 46.1 Å². The van der Waals surface area contributed by atoms with Gasteiger partial charge in [-0.1, -0.05) is 37.6 Å². The predicted molar refractivity (Wildman–Crippen MR) is 126 cm³/mol. The molecule has 3 rings (SSSR count). The highest BCUT2D eigenvalue weighted by atomic mass is 35.5. The number of hydrogen-bond acceptors (Lipinski definition) is 4. The van der Waals surface area contributed by atoms with Crippen LogP contribution in [0.25, 0.3) is 0 Å². The molecule has 0 bridgehead atoms. The molecule has 1 fully saturated rings. The maximum absolute atomic E-state index is 12.7. The van der Waals surface area contributed by atoms with Crippen LogP contribution in [-0.2, 0) is 4.74 Å². The number of likely N-dealkylation sites (tertiary alicyclic amines) is 1. The van der Waals surface area contributed by atoms with Crippen molar-refractivity contribution in [2.75, 3.05) is 25.0 Å². The Morgan fingerprint density at radius 1 is 1.16 bits per heavy atom. The topological polar surface area (TPSA) is 50.8 Å². The van der Waals surface area contributed by atoms with Gasteiger partial charge in [-0.25, -0.2) is 4.79 Å². The quantitative estimate of drug-likeness (QED) is 0.577. The molecule has 1 heterocycles. The van der Waals surface area contributed by atoms with Crippen molar-refractivity contribution in [2.45, 2.75) is 52.2 Å². The molecular weight excluding hydrogens is 412 g/mol. The van der Waals surface area contributed by atoms with Crippen LogP contribution in [0.5, 0.6) is 5.75 Å². The largest absolute Gasteiger partial charge is 0.488 e. The first-order valence-corrected chi connectivity index (χ1v) is 11.2. The summed E-state index contributed by atoms with van der Waals surface area (Å²) in [6.07, 6.45) is -0.430. The van der Waals surface area contributed by atoms with Gasteiger partial charge in [0.2, 0.25) is 0 Å². The van der Waals surface area contributed by atoms with Crippen LogP contribution in [0.4, 0.5) is 10.5 Å². The van der Waals surface area contributed by atoms with Crippen LogP contribution in [0.15, 0.2) is 48.5 Å². The lowest BCUT2D eigenvalue weighted by Gasteiger charge is -2.24. The molecule has 1 aliphatic rings. The van der Waals surface area contributed by atoms with E-state index >= 15 is 0 Å². The summed E-state index contributed by atoms with van der Waals surface area (Å²) in [5, 5.41) is 4.15. The zero-order chi connectivity index (χ0) is 22.6. The Bertz CT molecular complexity index is 877. The first-order valence-electron chi connectivity index (χ1n) is 10.8. The highest BCUT2D eigenvalue weighted by Crippen LogP contribution is 2.27. The van der Waals surface area contributed by atoms with E-state index in [9.17, 15) is 4.79 Å². The molecule has 0 aromatic heterocycles. The number of amides is 1. The van der Waals surface area contributed by atoms with Gasteiger partial charge in [-0.3, -0.25) is 0 Å². The Kier molecular flexibility index (Phi) is 7.37. The summed E-state index contributed by atoms with van der Waals surface area (Å²) in [5.41, 5.74) is 1.69. The van der Waals surface area contributed by atoms with Crippen molar-refractivity contribution in [3.63, 3.8) is 0 Å². The Hall–Kier alpha value is -2.40. The van der Waals surface area contributed by atoms with Crippen LogP contribution in [-0.4, -0.2) is 42.3 Å². The standard InChI is InChI=1S/C25H33ClN2O3/c1-17(2)18-7-6-8-22(13-18)30-23-16-28(24(29)31-25(3,4)5)15-19(23)14-27-21-11-9-20(26)10-12-21/h6-13,17,19,23,27H,14-16H2,1-5H3. The summed E-state index contributed by atoms with van der Waals surface area (Å²) in [7, 11) is 0. The highest BCUT2D eigenvalue weighted by Gasteiger charge is 2.38. The second kappa shape index (κ2) is 9.82. The van der Waals surface area contributed by atoms with Crippen LogP contribution in [0.3, 0.4) is 0 Å². The number of benzene rings is 2. The van der Waals surface area contributed by atoms with E-state index in [4.69, 9.17) is 21.1 Å². The minimum atomic E-state index is -0.529. The van der Waals surface area contributed by atoms with Crippen LogP contribution in [0, 0.1) is 5.92 Å². The fourth-order valence-corrected chi connectivity index (χ4v) is 3.71. The molecule has 5 nitrogen and oxygen atoms in total. The lowest BCUT2D eigenvalue weighted by Crippen LogP contribution is -2.36. The number of hydrogen-bond donors (Lipinski definition) is 1. The van der Waals surface area contributed by atoms with Crippen molar-refractivity contribution in [3.05, 3.63) is 59.1 Å². The van der Waals surface area contributed by atoms with Crippen molar-refractivity contribution in [2.24, 2.45) is 5.92 Å². The first kappa shape index (κ1) is 23.3. The molecule has 0 saturated carbocycles. The van der Waals surface area contributed by atoms with E-state index in [1.807, 2.05) is 57.2 Å². The lowest BCUT2D eigenvalue weighted by atomic mass is 10.0. The summed E-state index contributed by atoms with van der Waals surface area (Å²) in [4.78, 5) is 14.4. The molecule has 1 saturated heterocycles. The minimum absolute atomic E-state index is 0.117. The molecule has 0 aliphatic carbocycles. The van der Waals surface area contributed by atoms with Crippen molar-refractivity contribution in [1.29, 1.82) is 0 Å². The Balaban J connectivity index is 1.72. The van der Waals surface area contributed by atoms with Crippen molar-refractivity contribution in [3.8, 4) is 5.75 Å². The first-order chi connectivity index (χ1) is 14.6. The molecule has 2 unspecified atom stereocenters. The van der Waals surface area contributed by atoms with Gasteiger partial charge >= 0.3 is 6.09 Å². The average molecular weight is 445 g/mol. The van der Waals surface area contributed by atoms with Crippen molar-refractivity contribution in [1.82, 2.24) is 4.90 Å². The second-order valence-electron chi connectivity index (χ2n) is 9.42. The van der Waals surface area contributed by atoms with Crippen LogP contribution in [0.2, 0.25) is 5.02 Å². The summed E-state index contributed by atoms with van der Waals surface area (Å²) in [5.74, 6) is 1.37. The van der Waals surface area contributed by atoms with E-state index in [2.05, 4.69) is 31.3 Å². The number of nitrogens with zero attached hydrogens (tertiary/aromatic N) is 1. The summed E-state index contributed by atoms with van der Waals surface area (Å²) in [6.45, 7) is 11.7. The molecule has 2 aromatic rings. The molecule has 2 atom stereocenters. The lowest BCUT2D eigenvalue weighted by molar-refractivity contribution is 0.0275. The SMILES string of the molecule is CC(C)c1cccc(OC2CN(C(=O)OC(C)(C)C)CC2CNc2ccc(Cl)cc2)c1. The number of rotatable bonds is 6. The average Bonchev–Trinajstić information content (AvgIpc) is 3.09. The fraction of sp³-hybridized carbons (Fsp3) is 0.480. The Labute approximate surface area is 190 Å². The maximum Gasteiger partial charge on any atom is 0.410 e. The zero-order valence-corrected chi connectivity index (χ0v) is 19.8. The summed E-state index contributed by atoms with van der Waals surface area (Å²) < 4.78 is 12.0. The molecule has 31 heavy (non-hydrogen) atoms. The predicted octanol–water partition coefficient (Wildman–Crippen LogP) is 6.19. The molecule has 0 spiro atoms. The monoisotopic (exact) mass is 444 g/mol. The van der Waals surface area contributed by atoms with E-state index < -0.39 is 5.60 Å². The second-order valence-corrected chi connectivity index (χ2v) is 9.85. The van der Waals surface area contributed by atoms with Gasteiger partial charge in [-0.05, 0) is 68.7 Å². The van der Waals surface area contributed by atoms with Gasteiger partial charge in [-0.2, -0.15) is 0 Å². The Morgan fingerprint density at radius 3 is 2.52 bits per heavy atom. The third-order valence-corrected chi connectivity index (χ3v) is 5.51. The number of halogens is 1. The third-order valence-electron chi connectivity index (χ3n) is 5.26. The Morgan fingerprint density at radius 2 is 1.87 bits per heavy atom. The van der Waals surface area contributed by atoms with E-state index in [1.165, 1.54) is 5.56 Å². The number of carbonyl (C=O) groups excluding carboxylic acids is 1. The maximum atomic E-state index is 12.7. The van der Waals surface area contributed by atoms with Gasteiger partial charge in [0, 0.05) is 29.7 Å². The van der Waals surface area contributed by atoms with E-state index in [1.54, 1.807) is 4.90 Å². The van der Waals surface area contributed by atoms with E-state index in [0.29, 0.717) is 30.6 Å². The van der Waals surface area contributed by atoms with Crippen molar-refractivity contribution < 1.29 is 14.3 Å². The minimum Gasteiger partial charge on any atom is -0.488 e. The zero-order valence-electron chi connectivity index (χ0n) is 19.0. The number of nitrogens with one attached hydrogen (secondary N) is 1. The highest BCUT2D eigenvalue weighted by molar-refractivity contribution is 6.30. The third kappa shape index (κ3) is 6.79. The molecule has 1 amide bonds. The van der Waals surface area contributed by atoms with E-state index in [-0.39, 0.29) is 18.1 Å². The smallest absolute Gasteiger partial charge is 0.410 e. The van der Waals surface area contributed by atoms with Crippen molar-refractivity contribution >= 4 is 23.4 Å². The van der Waals surface area contributed by atoms with Gasteiger partial charge in [0.05, 0.1) is 6.54 Å². The van der Waals surface area contributed by atoms with Gasteiger partial charge in [-0.15, -0.1) is 0 Å². The normalized spacial score (nSPS) is 18.9. The molecule has 1 N–H and O–H groups in total. The number of anilines is 1. The van der Waals surface area contributed by atoms with E-state index in [0.717, 1.165) is 11.4 Å². The van der Waals surface area contributed by atoms with Crippen LogP contribution < -0.4 is 10.1 Å². The van der Waals surface area contributed by atoms with Gasteiger partial charge < -0.3 is 19.7 Å². The molecular formula is C25H33ClN2O3. The van der Waals surface area contributed by atoms with Gasteiger partial charge in [0.1, 0.15) is 17.5 Å². The van der Waals surface area contributed by atoms with Crippen LogP contribution >= 0.6 is 11.6 Å². The molecule has 168 valence electrons. The fourth-order valence-electron chi connectivity index (χ4n) is 3.58. The number of ether oxygens (including phenoxy) is 2. The molecule has 2 aromatic carbocycles.